The van der Waals surface area contributed by atoms with E-state index in [9.17, 15) is 14.0 Å². The second-order valence-electron chi connectivity index (χ2n) is 8.95. The Morgan fingerprint density at radius 3 is 2.56 bits per heavy atom. The van der Waals surface area contributed by atoms with Crippen molar-refractivity contribution in [2.45, 2.75) is 50.9 Å². The molecule has 8 heteroatoms. The molecule has 1 aliphatic carbocycles. The van der Waals surface area contributed by atoms with E-state index in [-0.39, 0.29) is 36.7 Å². The maximum Gasteiger partial charge on any atom is 0.411 e. The van der Waals surface area contributed by atoms with Crippen molar-refractivity contribution in [2.24, 2.45) is 5.73 Å². The van der Waals surface area contributed by atoms with Gasteiger partial charge >= 0.3 is 6.09 Å². The number of nitrogens with one attached hydrogen (secondary N) is 1. The summed E-state index contributed by atoms with van der Waals surface area (Å²) in [5.74, 6) is -0.791. The van der Waals surface area contributed by atoms with E-state index < -0.39 is 11.9 Å². The maximum absolute atomic E-state index is 13.9. The monoisotopic (exact) mass is 509 g/mol. The van der Waals surface area contributed by atoms with Gasteiger partial charge in [0.2, 0.25) is 0 Å². The van der Waals surface area contributed by atoms with Crippen LogP contribution in [0.2, 0.25) is 5.02 Å². The lowest BCUT2D eigenvalue weighted by atomic mass is 9.89. The molecule has 0 bridgehead atoms. The van der Waals surface area contributed by atoms with Gasteiger partial charge in [-0.25, -0.2) is 9.18 Å². The molecule has 2 amide bonds. The molecule has 4 rings (SSSR count). The zero-order valence-corrected chi connectivity index (χ0v) is 20.6. The minimum absolute atomic E-state index is 0.141. The average Bonchev–Trinajstić information content (AvgIpc) is 2.88. The van der Waals surface area contributed by atoms with Crippen molar-refractivity contribution < 1.29 is 18.7 Å². The quantitative estimate of drug-likeness (QED) is 0.400. The van der Waals surface area contributed by atoms with E-state index in [0.29, 0.717) is 16.3 Å². The number of carbonyl (C=O) groups is 2. The summed E-state index contributed by atoms with van der Waals surface area (Å²) in [4.78, 5) is 27.5. The number of nitrogens with two attached hydrogens (primary N) is 1. The van der Waals surface area contributed by atoms with Gasteiger partial charge in [-0.1, -0.05) is 60.8 Å². The van der Waals surface area contributed by atoms with Crippen LogP contribution < -0.4 is 11.1 Å². The predicted molar refractivity (Wildman–Crippen MR) is 138 cm³/mol. The minimum atomic E-state index is -0.603. The molecule has 0 radical (unpaired) electrons. The first-order chi connectivity index (χ1) is 17.4. The summed E-state index contributed by atoms with van der Waals surface area (Å²) < 4.78 is 19.2. The van der Waals surface area contributed by atoms with Gasteiger partial charge in [-0.05, 0) is 60.4 Å². The molecule has 3 aromatic carbocycles. The Bertz CT molecular complexity index is 1210. The van der Waals surface area contributed by atoms with E-state index in [1.807, 2.05) is 30.3 Å². The second kappa shape index (κ2) is 12.0. The van der Waals surface area contributed by atoms with Crippen molar-refractivity contribution >= 4 is 29.3 Å². The molecular formula is C28H29ClFN3O3. The molecule has 36 heavy (non-hydrogen) atoms. The Balaban J connectivity index is 1.52. The molecule has 1 saturated carbocycles. The number of halogens is 2. The van der Waals surface area contributed by atoms with Crippen LogP contribution in [0, 0.1) is 5.82 Å². The Hall–Kier alpha value is -3.42. The number of nitrogens with zero attached hydrogens (tertiary/aromatic N) is 1. The van der Waals surface area contributed by atoms with Crippen molar-refractivity contribution in [3.63, 3.8) is 0 Å². The summed E-state index contributed by atoms with van der Waals surface area (Å²) >= 11 is 6.50. The fraction of sp³-hybridized carbons (Fsp3) is 0.286. The molecule has 0 aromatic heterocycles. The summed E-state index contributed by atoms with van der Waals surface area (Å²) in [5.41, 5.74) is 8.67. The van der Waals surface area contributed by atoms with Crippen LogP contribution in [-0.4, -0.2) is 29.0 Å². The number of amides is 2. The zero-order chi connectivity index (χ0) is 25.5. The van der Waals surface area contributed by atoms with E-state index in [1.54, 1.807) is 29.2 Å². The Morgan fingerprint density at radius 2 is 1.81 bits per heavy atom. The van der Waals surface area contributed by atoms with Crippen LogP contribution in [0.5, 0.6) is 0 Å². The molecule has 6 nitrogen and oxygen atoms in total. The number of hydrogen-bond acceptors (Lipinski definition) is 4. The number of rotatable bonds is 7. The van der Waals surface area contributed by atoms with E-state index in [2.05, 4.69) is 5.32 Å². The summed E-state index contributed by atoms with van der Waals surface area (Å²) in [5, 5.41) is 3.16. The fourth-order valence-electron chi connectivity index (χ4n) is 4.49. The standard InChI is InChI=1S/C28H29ClFN3O3/c29-24-14-13-23(32-28(35)36-18-19-7-2-1-3-8-19)16-21(24)17-33(26-12-5-4-11-25(26)31)27(34)20-9-6-10-22(30)15-20/h1-3,6-10,13-16,25-26H,4-5,11-12,17-18,31H2,(H,32,35). The van der Waals surface area contributed by atoms with Gasteiger partial charge in [0.1, 0.15) is 12.4 Å². The SMILES string of the molecule is NC1CCCCC1N(Cc1cc(NC(=O)OCc2ccccc2)ccc1Cl)C(=O)c1cccc(F)c1. The number of anilines is 1. The molecule has 0 spiro atoms. The van der Waals surface area contributed by atoms with Gasteiger partial charge in [0, 0.05) is 34.9 Å². The molecule has 0 heterocycles. The summed E-state index contributed by atoms with van der Waals surface area (Å²) in [6.07, 6.45) is 2.91. The van der Waals surface area contributed by atoms with Crippen LogP contribution >= 0.6 is 11.6 Å². The largest absolute Gasteiger partial charge is 0.444 e. The van der Waals surface area contributed by atoms with Gasteiger partial charge in [-0.2, -0.15) is 0 Å². The highest BCUT2D eigenvalue weighted by atomic mass is 35.5. The van der Waals surface area contributed by atoms with E-state index in [4.69, 9.17) is 22.1 Å². The van der Waals surface area contributed by atoms with Gasteiger partial charge in [-0.3, -0.25) is 10.1 Å². The molecule has 2 unspecified atom stereocenters. The summed E-state index contributed by atoms with van der Waals surface area (Å²) in [7, 11) is 0. The van der Waals surface area contributed by atoms with Gasteiger partial charge in [0.25, 0.3) is 5.91 Å². The summed E-state index contributed by atoms with van der Waals surface area (Å²) in [6, 6.07) is 19.7. The first-order valence-corrected chi connectivity index (χ1v) is 12.4. The molecule has 1 aliphatic rings. The van der Waals surface area contributed by atoms with Gasteiger partial charge in [0.05, 0.1) is 0 Å². The summed E-state index contributed by atoms with van der Waals surface area (Å²) in [6.45, 7) is 0.309. The number of carbonyl (C=O) groups excluding carboxylic acids is 2. The lowest BCUT2D eigenvalue weighted by molar-refractivity contribution is 0.0583. The fourth-order valence-corrected chi connectivity index (χ4v) is 4.67. The van der Waals surface area contributed by atoms with Crippen LogP contribution in [0.3, 0.4) is 0 Å². The normalized spacial score (nSPS) is 17.3. The van der Waals surface area contributed by atoms with Crippen molar-refractivity contribution in [3.8, 4) is 0 Å². The number of benzene rings is 3. The second-order valence-corrected chi connectivity index (χ2v) is 9.36. The van der Waals surface area contributed by atoms with Crippen molar-refractivity contribution in [1.29, 1.82) is 0 Å². The lowest BCUT2D eigenvalue weighted by Crippen LogP contribution is -2.51. The Labute approximate surface area is 215 Å². The first kappa shape index (κ1) is 25.7. The zero-order valence-electron chi connectivity index (χ0n) is 19.8. The number of hydrogen-bond donors (Lipinski definition) is 2. The van der Waals surface area contributed by atoms with E-state index in [0.717, 1.165) is 31.2 Å². The van der Waals surface area contributed by atoms with Crippen molar-refractivity contribution in [1.82, 2.24) is 4.90 Å². The molecule has 3 aromatic rings. The molecule has 0 aliphatic heterocycles. The first-order valence-electron chi connectivity index (χ1n) is 12.0. The van der Waals surface area contributed by atoms with Gasteiger partial charge < -0.3 is 15.4 Å². The van der Waals surface area contributed by atoms with Gasteiger partial charge in [0.15, 0.2) is 0 Å². The third-order valence-corrected chi connectivity index (χ3v) is 6.73. The van der Waals surface area contributed by atoms with Crippen molar-refractivity contribution in [2.75, 3.05) is 5.32 Å². The van der Waals surface area contributed by atoms with E-state index in [1.165, 1.54) is 18.2 Å². The van der Waals surface area contributed by atoms with Crippen molar-refractivity contribution in [3.05, 3.63) is 100 Å². The molecule has 1 fully saturated rings. The van der Waals surface area contributed by atoms with Gasteiger partial charge in [-0.15, -0.1) is 0 Å². The topological polar surface area (TPSA) is 84.7 Å². The van der Waals surface area contributed by atoms with Crippen LogP contribution in [0.1, 0.15) is 47.2 Å². The highest BCUT2D eigenvalue weighted by Gasteiger charge is 2.32. The van der Waals surface area contributed by atoms with Crippen LogP contribution in [-0.2, 0) is 17.9 Å². The molecule has 3 N–H and O–H groups in total. The highest BCUT2D eigenvalue weighted by molar-refractivity contribution is 6.31. The molecule has 188 valence electrons. The highest BCUT2D eigenvalue weighted by Crippen LogP contribution is 2.29. The Kier molecular flexibility index (Phi) is 8.57. The van der Waals surface area contributed by atoms with E-state index >= 15 is 0 Å². The lowest BCUT2D eigenvalue weighted by Gasteiger charge is -2.38. The minimum Gasteiger partial charge on any atom is -0.444 e. The molecule has 0 saturated heterocycles. The smallest absolute Gasteiger partial charge is 0.411 e. The van der Waals surface area contributed by atoms with Crippen LogP contribution in [0.15, 0.2) is 72.8 Å². The third kappa shape index (κ3) is 6.62. The third-order valence-electron chi connectivity index (χ3n) is 6.36. The van der Waals surface area contributed by atoms with Crippen LogP contribution in [0.25, 0.3) is 0 Å². The number of ether oxygens (including phenoxy) is 1. The predicted octanol–water partition coefficient (Wildman–Crippen LogP) is 6.14. The maximum atomic E-state index is 13.9. The molecular weight excluding hydrogens is 481 g/mol. The Morgan fingerprint density at radius 1 is 1.03 bits per heavy atom. The van der Waals surface area contributed by atoms with Crippen LogP contribution in [0.4, 0.5) is 14.9 Å². The average molecular weight is 510 g/mol. The molecule has 2 atom stereocenters.